The molecule has 0 atom stereocenters. The van der Waals surface area contributed by atoms with Gasteiger partial charge >= 0.3 is 0 Å². The van der Waals surface area contributed by atoms with Crippen LogP contribution < -0.4 is 4.90 Å². The van der Waals surface area contributed by atoms with Gasteiger partial charge in [0.05, 0.1) is 0 Å². The number of fused-ring (bicyclic) bond motifs is 1. The summed E-state index contributed by atoms with van der Waals surface area (Å²) in [6, 6.07) is 10.4. The number of aromatic nitrogens is 2. The number of nitrogens with zero attached hydrogens (tertiary/aromatic N) is 3. The van der Waals surface area contributed by atoms with Crippen LogP contribution in [-0.4, -0.2) is 16.5 Å². The van der Waals surface area contributed by atoms with Crippen LogP contribution in [0.2, 0.25) is 0 Å². The number of halogens is 1. The molecule has 4 heteroatoms. The van der Waals surface area contributed by atoms with Crippen molar-refractivity contribution in [2.24, 2.45) is 0 Å². The number of hydrogen-bond donors (Lipinski definition) is 0. The molecule has 2 aromatic rings. The second-order valence-electron chi connectivity index (χ2n) is 4.13. The van der Waals surface area contributed by atoms with Crippen molar-refractivity contribution in [2.75, 3.05) is 11.4 Å². The Balaban J connectivity index is 2.06. The van der Waals surface area contributed by atoms with E-state index in [1.54, 1.807) is 0 Å². The van der Waals surface area contributed by atoms with Gasteiger partial charge in [-0.15, -0.1) is 0 Å². The maximum absolute atomic E-state index is 4.50. The largest absolute Gasteiger partial charge is 0.326 e. The van der Waals surface area contributed by atoms with Gasteiger partial charge in [-0.05, 0) is 40.9 Å². The fourth-order valence-electron chi connectivity index (χ4n) is 2.23. The summed E-state index contributed by atoms with van der Waals surface area (Å²) in [4.78, 5) is 11.0. The molecule has 0 N–H and O–H groups in total. The van der Waals surface area contributed by atoms with Gasteiger partial charge in [0.2, 0.25) is 0 Å². The lowest BCUT2D eigenvalue weighted by molar-refractivity contribution is 0.938. The zero-order chi connectivity index (χ0) is 11.8. The lowest BCUT2D eigenvalue weighted by atomic mass is 10.2. The molecule has 0 saturated carbocycles. The van der Waals surface area contributed by atoms with Crippen LogP contribution in [0.5, 0.6) is 0 Å². The van der Waals surface area contributed by atoms with Crippen molar-refractivity contribution in [3.63, 3.8) is 0 Å². The first kappa shape index (κ1) is 10.7. The van der Waals surface area contributed by atoms with Gasteiger partial charge in [-0.1, -0.05) is 18.2 Å². The highest BCUT2D eigenvalue weighted by Crippen LogP contribution is 2.33. The Bertz CT molecular complexity index is 548. The van der Waals surface area contributed by atoms with E-state index < -0.39 is 0 Å². The molecule has 1 aliphatic rings. The standard InChI is InChI=1S/C13H12BrN3/c1-9-15-12(14)8-13(16-9)17-7-6-10-4-2-3-5-11(10)17/h2-5,8H,6-7H2,1H3. The molecule has 17 heavy (non-hydrogen) atoms. The van der Waals surface area contributed by atoms with E-state index in [2.05, 4.69) is 55.1 Å². The third kappa shape index (κ3) is 1.93. The maximum Gasteiger partial charge on any atom is 0.137 e. The Morgan fingerprint density at radius 2 is 2.06 bits per heavy atom. The highest BCUT2D eigenvalue weighted by atomic mass is 79.9. The van der Waals surface area contributed by atoms with Crippen LogP contribution in [0.25, 0.3) is 0 Å². The quantitative estimate of drug-likeness (QED) is 0.755. The minimum absolute atomic E-state index is 0.791. The predicted molar refractivity (Wildman–Crippen MR) is 71.6 cm³/mol. The van der Waals surface area contributed by atoms with Crippen molar-refractivity contribution in [1.82, 2.24) is 9.97 Å². The summed E-state index contributed by atoms with van der Waals surface area (Å²) in [5.41, 5.74) is 2.65. The summed E-state index contributed by atoms with van der Waals surface area (Å²) in [6.45, 7) is 2.90. The molecule has 1 aromatic heterocycles. The molecule has 86 valence electrons. The molecule has 0 saturated heterocycles. The number of benzene rings is 1. The fourth-order valence-corrected chi connectivity index (χ4v) is 2.69. The predicted octanol–water partition coefficient (Wildman–Crippen LogP) is 3.24. The monoisotopic (exact) mass is 289 g/mol. The van der Waals surface area contributed by atoms with Gasteiger partial charge < -0.3 is 4.90 Å². The summed E-state index contributed by atoms with van der Waals surface area (Å²) in [7, 11) is 0. The van der Waals surface area contributed by atoms with Crippen LogP contribution in [0.15, 0.2) is 34.9 Å². The third-order valence-corrected chi connectivity index (χ3v) is 3.36. The van der Waals surface area contributed by atoms with Gasteiger partial charge in [0.25, 0.3) is 0 Å². The normalized spacial score (nSPS) is 13.9. The zero-order valence-electron chi connectivity index (χ0n) is 9.52. The highest BCUT2D eigenvalue weighted by molar-refractivity contribution is 9.10. The van der Waals surface area contributed by atoms with E-state index in [1.807, 2.05) is 13.0 Å². The Kier molecular flexibility index (Phi) is 2.59. The molecule has 0 radical (unpaired) electrons. The molecule has 1 aliphatic heterocycles. The van der Waals surface area contributed by atoms with E-state index >= 15 is 0 Å². The fraction of sp³-hybridized carbons (Fsp3) is 0.231. The van der Waals surface area contributed by atoms with E-state index in [-0.39, 0.29) is 0 Å². The summed E-state index contributed by atoms with van der Waals surface area (Å²) < 4.78 is 0.837. The van der Waals surface area contributed by atoms with E-state index in [1.165, 1.54) is 11.3 Å². The zero-order valence-corrected chi connectivity index (χ0v) is 11.1. The number of anilines is 2. The van der Waals surface area contributed by atoms with Crippen molar-refractivity contribution in [2.45, 2.75) is 13.3 Å². The Morgan fingerprint density at radius 3 is 2.88 bits per heavy atom. The van der Waals surface area contributed by atoms with E-state index in [4.69, 9.17) is 0 Å². The highest BCUT2D eigenvalue weighted by Gasteiger charge is 2.21. The molecular weight excluding hydrogens is 278 g/mol. The molecule has 3 rings (SSSR count). The van der Waals surface area contributed by atoms with Gasteiger partial charge in [0.15, 0.2) is 0 Å². The van der Waals surface area contributed by atoms with Crippen molar-refractivity contribution < 1.29 is 0 Å². The van der Waals surface area contributed by atoms with Crippen LogP contribution in [-0.2, 0) is 6.42 Å². The average Bonchev–Trinajstić information content (AvgIpc) is 2.71. The van der Waals surface area contributed by atoms with Crippen molar-refractivity contribution in [1.29, 1.82) is 0 Å². The van der Waals surface area contributed by atoms with Crippen LogP contribution >= 0.6 is 15.9 Å². The maximum atomic E-state index is 4.50. The van der Waals surface area contributed by atoms with Crippen LogP contribution in [0.1, 0.15) is 11.4 Å². The summed E-state index contributed by atoms with van der Waals surface area (Å²) in [5.74, 6) is 1.76. The topological polar surface area (TPSA) is 29.0 Å². The minimum Gasteiger partial charge on any atom is -0.326 e. The number of para-hydroxylation sites is 1. The first-order valence-electron chi connectivity index (χ1n) is 5.61. The van der Waals surface area contributed by atoms with Gasteiger partial charge in [0.1, 0.15) is 16.2 Å². The molecular formula is C13H12BrN3. The van der Waals surface area contributed by atoms with Crippen LogP contribution in [0.3, 0.4) is 0 Å². The first-order chi connectivity index (χ1) is 8.24. The summed E-state index contributed by atoms with van der Waals surface area (Å²) >= 11 is 3.42. The molecule has 0 bridgehead atoms. The van der Waals surface area contributed by atoms with Crippen molar-refractivity contribution in [3.8, 4) is 0 Å². The van der Waals surface area contributed by atoms with E-state index in [9.17, 15) is 0 Å². The molecule has 2 heterocycles. The average molecular weight is 290 g/mol. The van der Waals surface area contributed by atoms with Gasteiger partial charge in [-0.25, -0.2) is 9.97 Å². The molecule has 3 nitrogen and oxygen atoms in total. The Hall–Kier alpha value is -1.42. The lowest BCUT2D eigenvalue weighted by Crippen LogP contribution is -2.15. The molecule has 0 unspecified atom stereocenters. The van der Waals surface area contributed by atoms with Gasteiger partial charge in [-0.3, -0.25) is 0 Å². The van der Waals surface area contributed by atoms with Gasteiger partial charge in [0, 0.05) is 18.3 Å². The third-order valence-electron chi connectivity index (χ3n) is 2.96. The first-order valence-corrected chi connectivity index (χ1v) is 6.40. The van der Waals surface area contributed by atoms with Crippen molar-refractivity contribution >= 4 is 27.4 Å². The summed E-state index contributed by atoms with van der Waals surface area (Å²) in [5, 5.41) is 0. The molecule has 1 aromatic carbocycles. The Labute approximate surface area is 109 Å². The smallest absolute Gasteiger partial charge is 0.137 e. The summed E-state index contributed by atoms with van der Waals surface area (Å²) in [6.07, 6.45) is 1.08. The lowest BCUT2D eigenvalue weighted by Gasteiger charge is -2.18. The molecule has 0 amide bonds. The molecule has 0 spiro atoms. The molecule has 0 aliphatic carbocycles. The number of rotatable bonds is 1. The molecule has 0 fully saturated rings. The minimum atomic E-state index is 0.791. The van der Waals surface area contributed by atoms with E-state index in [0.717, 1.165) is 29.2 Å². The van der Waals surface area contributed by atoms with Crippen molar-refractivity contribution in [3.05, 3.63) is 46.3 Å². The second-order valence-corrected chi connectivity index (χ2v) is 4.94. The van der Waals surface area contributed by atoms with Crippen LogP contribution in [0, 0.1) is 6.92 Å². The second kappa shape index (κ2) is 4.11. The number of aryl methyl sites for hydroxylation is 1. The van der Waals surface area contributed by atoms with E-state index in [0.29, 0.717) is 0 Å². The number of hydrogen-bond acceptors (Lipinski definition) is 3. The SMILES string of the molecule is Cc1nc(Br)cc(N2CCc3ccccc32)n1. The Morgan fingerprint density at radius 1 is 1.24 bits per heavy atom. The van der Waals surface area contributed by atoms with Gasteiger partial charge in [-0.2, -0.15) is 0 Å². The van der Waals surface area contributed by atoms with Crippen LogP contribution in [0.4, 0.5) is 11.5 Å².